The fraction of sp³-hybridized carbons (Fsp3) is 0.792. The highest BCUT2D eigenvalue weighted by Gasteiger charge is 2.40. The van der Waals surface area contributed by atoms with Crippen molar-refractivity contribution in [1.29, 1.82) is 0 Å². The molecule has 1 saturated heterocycles. The first kappa shape index (κ1) is 37.6. The van der Waals surface area contributed by atoms with Gasteiger partial charge in [0.05, 0.1) is 6.61 Å². The van der Waals surface area contributed by atoms with Gasteiger partial charge < -0.3 is 41.1 Å². The van der Waals surface area contributed by atoms with Crippen LogP contribution in [-0.2, 0) is 40.3 Å². The number of nitrogens with zero attached hydrogens (tertiary/aromatic N) is 1. The first-order valence-electron chi connectivity index (χ1n) is 13.4. The number of hydrogen-bond donors (Lipinski definition) is 7. The number of carboxylic acid groups (broad SMARTS) is 1. The lowest BCUT2D eigenvalue weighted by Crippen LogP contribution is -2.59. The molecule has 0 bridgehead atoms. The monoisotopic (exact) mass is 657 g/mol. The number of rotatable bonds is 17. The molecule has 1 aliphatic rings. The van der Waals surface area contributed by atoms with Crippen LogP contribution in [0.15, 0.2) is 0 Å². The number of hydrogen-bond acceptors (Lipinski definition) is 9. The molecule has 7 N–H and O–H groups in total. The molecule has 1 unspecified atom stereocenters. The average Bonchev–Trinajstić information content (AvgIpc) is 3.36. The van der Waals surface area contributed by atoms with Crippen molar-refractivity contribution in [2.45, 2.75) is 83.6 Å². The van der Waals surface area contributed by atoms with Gasteiger partial charge in [-0.05, 0) is 61.3 Å². The van der Waals surface area contributed by atoms with E-state index in [1.165, 1.54) is 16.7 Å². The number of carboxylic acids is 1. The largest absolute Gasteiger partial charge is 0.480 e. The summed E-state index contributed by atoms with van der Waals surface area (Å²) in [6.45, 7) is 7.04. The van der Waals surface area contributed by atoms with Crippen LogP contribution >= 0.6 is 29.7 Å². The van der Waals surface area contributed by atoms with Crippen molar-refractivity contribution >= 4 is 71.1 Å². The fourth-order valence-electron chi connectivity index (χ4n) is 4.25. The minimum atomic E-state index is -3.32. The molecule has 0 saturated carbocycles. The Labute approximate surface area is 256 Å². The topological polar surface area (TPSA) is 200 Å². The van der Waals surface area contributed by atoms with E-state index in [0.717, 1.165) is 0 Å². The van der Waals surface area contributed by atoms with Gasteiger partial charge in [-0.15, -0.1) is 0 Å². The highest BCUT2D eigenvalue weighted by molar-refractivity contribution is 8.59. The molecule has 0 spiro atoms. The summed E-state index contributed by atoms with van der Waals surface area (Å²) in [6.07, 6.45) is 3.25. The summed E-state index contributed by atoms with van der Waals surface area (Å²) >= 11 is 9.87. The molecule has 13 nitrogen and oxygen atoms in total. The third kappa shape index (κ3) is 13.2. The Bertz CT molecular complexity index is 983. The molecule has 17 heteroatoms. The molecule has 1 fully saturated rings. The van der Waals surface area contributed by atoms with Gasteiger partial charge >= 0.3 is 5.97 Å². The van der Waals surface area contributed by atoms with Gasteiger partial charge in [-0.3, -0.25) is 19.2 Å². The summed E-state index contributed by atoms with van der Waals surface area (Å²) in [5, 5.41) is 17.4. The molecular weight excluding hydrogens is 613 g/mol. The van der Waals surface area contributed by atoms with Crippen molar-refractivity contribution in [3.05, 3.63) is 0 Å². The molecule has 236 valence electrons. The molecule has 0 aromatic heterocycles. The van der Waals surface area contributed by atoms with Crippen LogP contribution in [0.25, 0.3) is 0 Å². The van der Waals surface area contributed by atoms with Crippen LogP contribution in [0.1, 0.15) is 53.4 Å². The zero-order valence-electron chi connectivity index (χ0n) is 24.1. The number of aliphatic carboxylic acids is 1. The van der Waals surface area contributed by atoms with Crippen LogP contribution in [0.3, 0.4) is 0 Å². The van der Waals surface area contributed by atoms with E-state index in [4.69, 9.17) is 10.3 Å². The fourth-order valence-corrected chi connectivity index (χ4v) is 5.46. The van der Waals surface area contributed by atoms with Gasteiger partial charge in [-0.1, -0.05) is 39.9 Å². The second kappa shape index (κ2) is 17.6. The van der Waals surface area contributed by atoms with E-state index in [-0.39, 0.29) is 31.2 Å². The lowest BCUT2D eigenvalue weighted by atomic mass is 10.0. The average molecular weight is 658 g/mol. The van der Waals surface area contributed by atoms with Crippen molar-refractivity contribution in [3.63, 3.8) is 0 Å². The minimum absolute atomic E-state index is 0.0273. The van der Waals surface area contributed by atoms with Crippen LogP contribution in [0.2, 0.25) is 0 Å². The van der Waals surface area contributed by atoms with Gasteiger partial charge in [0.2, 0.25) is 29.3 Å². The second-order valence-corrected chi connectivity index (χ2v) is 16.8. The maximum absolute atomic E-state index is 13.5. The number of amides is 4. The summed E-state index contributed by atoms with van der Waals surface area (Å²) in [6, 6.07) is -5.18. The summed E-state index contributed by atoms with van der Waals surface area (Å²) in [4.78, 5) is 75.1. The molecule has 1 heterocycles. The SMILES string of the molecule is CSCC[C@H](NC(=O)[C@@H]1CCCN1C(=O)[C@@H](NC(=O)[C@@H](N)COP(O)(=S)S)C(C)C)C(=O)N[C@@H](CC(C)C)C(=O)O. The Morgan fingerprint density at radius 1 is 1.12 bits per heavy atom. The Balaban J connectivity index is 3.01. The Morgan fingerprint density at radius 3 is 2.27 bits per heavy atom. The van der Waals surface area contributed by atoms with E-state index < -0.39 is 72.1 Å². The standard InChI is InChI=1S/C24H44N5O8PS3/c1-13(2)11-17(24(34)35)27-21(31)16(8-10-41-5)26-22(32)18-7-6-9-29(18)23(33)19(14(3)4)28-20(30)15(25)12-37-38(36,39)40/h13-19H,6-12,25H2,1-5H3,(H,26,32)(H,27,31)(H,28,30)(H,34,35)(H2,36,39,40)/t15-,16-,17-,18-,19-/m0/s1. The van der Waals surface area contributed by atoms with E-state index in [9.17, 15) is 34.0 Å². The first-order valence-corrected chi connectivity index (χ1v) is 18.6. The maximum Gasteiger partial charge on any atom is 0.326 e. The highest BCUT2D eigenvalue weighted by Crippen LogP contribution is 2.47. The Morgan fingerprint density at radius 2 is 1.76 bits per heavy atom. The Hall–Kier alpha value is -1.42. The van der Waals surface area contributed by atoms with Crippen LogP contribution in [0.5, 0.6) is 0 Å². The molecular formula is C24H44N5O8PS3. The van der Waals surface area contributed by atoms with E-state index in [1.807, 2.05) is 20.1 Å². The summed E-state index contributed by atoms with van der Waals surface area (Å²) in [7, 11) is 0. The Kier molecular flexibility index (Phi) is 16.2. The minimum Gasteiger partial charge on any atom is -0.480 e. The van der Waals surface area contributed by atoms with Crippen molar-refractivity contribution < 1.29 is 38.5 Å². The molecule has 0 radical (unpaired) electrons. The number of carbonyl (C=O) groups excluding carboxylic acids is 4. The number of thiol groups is 1. The van der Waals surface area contributed by atoms with Gasteiger partial charge in [0.1, 0.15) is 30.2 Å². The van der Waals surface area contributed by atoms with E-state index in [1.54, 1.807) is 13.8 Å². The normalized spacial score (nSPS) is 19.7. The van der Waals surface area contributed by atoms with Gasteiger partial charge in [0, 0.05) is 6.54 Å². The van der Waals surface area contributed by atoms with E-state index >= 15 is 0 Å². The maximum atomic E-state index is 13.5. The third-order valence-electron chi connectivity index (χ3n) is 6.39. The quantitative estimate of drug-likeness (QED) is 0.0847. The number of carbonyl (C=O) groups is 5. The second-order valence-electron chi connectivity index (χ2n) is 10.7. The zero-order chi connectivity index (χ0) is 31.5. The summed E-state index contributed by atoms with van der Waals surface area (Å²) in [5.74, 6) is -3.26. The highest BCUT2D eigenvalue weighted by atomic mass is 32.9. The summed E-state index contributed by atoms with van der Waals surface area (Å²) in [5.41, 5.74) is 2.50. The van der Waals surface area contributed by atoms with Gasteiger partial charge in [0.25, 0.3) is 0 Å². The van der Waals surface area contributed by atoms with Crippen molar-refractivity contribution in [2.75, 3.05) is 25.2 Å². The predicted molar refractivity (Wildman–Crippen MR) is 165 cm³/mol. The number of nitrogens with two attached hydrogens (primary N) is 1. The molecule has 4 amide bonds. The van der Waals surface area contributed by atoms with Crippen LogP contribution in [-0.4, -0.2) is 99.9 Å². The first-order chi connectivity index (χ1) is 19.0. The van der Waals surface area contributed by atoms with Crippen molar-refractivity contribution in [3.8, 4) is 0 Å². The van der Waals surface area contributed by atoms with Gasteiger partial charge in [-0.2, -0.15) is 11.8 Å². The van der Waals surface area contributed by atoms with Crippen molar-refractivity contribution in [1.82, 2.24) is 20.9 Å². The molecule has 0 aliphatic carbocycles. The molecule has 0 aromatic carbocycles. The lowest BCUT2D eigenvalue weighted by molar-refractivity contribution is -0.144. The zero-order valence-corrected chi connectivity index (χ0v) is 27.5. The van der Waals surface area contributed by atoms with E-state index in [2.05, 4.69) is 40.0 Å². The smallest absolute Gasteiger partial charge is 0.326 e. The number of nitrogens with one attached hydrogen (secondary N) is 3. The molecule has 41 heavy (non-hydrogen) atoms. The van der Waals surface area contributed by atoms with Crippen LogP contribution < -0.4 is 21.7 Å². The van der Waals surface area contributed by atoms with Crippen LogP contribution in [0, 0.1) is 11.8 Å². The van der Waals surface area contributed by atoms with E-state index in [0.29, 0.717) is 18.6 Å². The lowest BCUT2D eigenvalue weighted by Gasteiger charge is -2.32. The molecule has 0 aromatic rings. The molecule has 1 rings (SSSR count). The van der Waals surface area contributed by atoms with Gasteiger partial charge in [0.15, 0.2) is 0 Å². The summed E-state index contributed by atoms with van der Waals surface area (Å²) < 4.78 is 4.95. The van der Waals surface area contributed by atoms with Crippen molar-refractivity contribution in [2.24, 2.45) is 17.6 Å². The molecule has 6 atom stereocenters. The van der Waals surface area contributed by atoms with Gasteiger partial charge in [-0.25, -0.2) is 4.79 Å². The third-order valence-corrected chi connectivity index (χ3v) is 8.19. The van der Waals surface area contributed by atoms with Crippen LogP contribution in [0.4, 0.5) is 0 Å². The molecule has 1 aliphatic heterocycles. The predicted octanol–water partition coefficient (Wildman–Crippen LogP) is 0.462. The number of thioether (sulfide) groups is 1. The number of likely N-dealkylation sites (tertiary alicyclic amines) is 1.